The molecule has 2 aliphatic rings. The van der Waals surface area contributed by atoms with Crippen LogP contribution in [0, 0.1) is 0 Å². The summed E-state index contributed by atoms with van der Waals surface area (Å²) in [6.45, 7) is 0.540. The van der Waals surface area contributed by atoms with Gasteiger partial charge in [-0.3, -0.25) is 0 Å². The molecular weight excluding hydrogens is 277 g/mol. The lowest BCUT2D eigenvalue weighted by Gasteiger charge is -2.19. The van der Waals surface area contributed by atoms with E-state index in [0.717, 1.165) is 12.0 Å². The van der Waals surface area contributed by atoms with Crippen molar-refractivity contribution in [2.75, 3.05) is 6.54 Å². The molecule has 3 rings (SSSR count). The number of fused-ring (bicyclic) bond motifs is 1. The third-order valence-corrected chi connectivity index (χ3v) is 4.02. The van der Waals surface area contributed by atoms with Gasteiger partial charge in [-0.05, 0) is 46.4 Å². The first-order valence-corrected chi connectivity index (χ1v) is 6.93. The number of halogens is 2. The predicted octanol–water partition coefficient (Wildman–Crippen LogP) is 4.53. The Balaban J connectivity index is 2.17. The maximum Gasteiger partial charge on any atom is 0.0496 e. The van der Waals surface area contributed by atoms with Crippen LogP contribution in [-0.2, 0) is 0 Å². The summed E-state index contributed by atoms with van der Waals surface area (Å²) in [5.41, 5.74) is 11.7. The molecule has 0 aromatic heterocycles. The molecule has 0 saturated heterocycles. The molecule has 0 fully saturated rings. The van der Waals surface area contributed by atoms with Crippen LogP contribution in [-0.4, -0.2) is 6.54 Å². The third kappa shape index (κ3) is 2.18. The zero-order valence-corrected chi connectivity index (χ0v) is 11.8. The fourth-order valence-electron chi connectivity index (χ4n) is 2.60. The molecule has 2 N–H and O–H groups in total. The van der Waals surface area contributed by atoms with Crippen molar-refractivity contribution in [1.29, 1.82) is 0 Å². The monoisotopic (exact) mass is 289 g/mol. The van der Waals surface area contributed by atoms with Gasteiger partial charge in [-0.15, -0.1) is 0 Å². The van der Waals surface area contributed by atoms with Crippen LogP contribution in [0.4, 0.5) is 0 Å². The highest BCUT2D eigenvalue weighted by molar-refractivity contribution is 6.35. The zero-order chi connectivity index (χ0) is 13.4. The average Bonchev–Trinajstić information content (AvgIpc) is 2.82. The van der Waals surface area contributed by atoms with Crippen LogP contribution in [0.25, 0.3) is 5.57 Å². The second kappa shape index (κ2) is 5.01. The predicted molar refractivity (Wildman–Crippen MR) is 82.4 cm³/mol. The summed E-state index contributed by atoms with van der Waals surface area (Å²) in [7, 11) is 0. The minimum Gasteiger partial charge on any atom is -0.326 e. The third-order valence-electron chi connectivity index (χ3n) is 3.47. The molecule has 0 spiro atoms. The van der Waals surface area contributed by atoms with Gasteiger partial charge in [0.25, 0.3) is 0 Å². The van der Waals surface area contributed by atoms with E-state index in [0.29, 0.717) is 16.6 Å². The normalized spacial score (nSPS) is 17.4. The molecule has 2 aliphatic carbocycles. The van der Waals surface area contributed by atoms with Crippen LogP contribution in [0.15, 0.2) is 59.2 Å². The fourth-order valence-corrected chi connectivity index (χ4v) is 3.13. The highest BCUT2D eigenvalue weighted by Gasteiger charge is 2.22. The molecular formula is C16H13Cl2N. The lowest BCUT2D eigenvalue weighted by atomic mass is 9.86. The van der Waals surface area contributed by atoms with Crippen LogP contribution < -0.4 is 5.73 Å². The topological polar surface area (TPSA) is 26.0 Å². The maximum absolute atomic E-state index is 6.33. The van der Waals surface area contributed by atoms with Crippen molar-refractivity contribution in [2.24, 2.45) is 5.73 Å². The minimum absolute atomic E-state index is 0.540. The molecule has 1 aromatic carbocycles. The highest BCUT2D eigenvalue weighted by Crippen LogP contribution is 2.41. The second-order valence-corrected chi connectivity index (χ2v) is 5.45. The van der Waals surface area contributed by atoms with Gasteiger partial charge in [0.15, 0.2) is 0 Å². The fraction of sp³-hybridized carbons (Fsp3) is 0.125. The Morgan fingerprint density at radius 1 is 1.16 bits per heavy atom. The summed E-state index contributed by atoms with van der Waals surface area (Å²) in [4.78, 5) is 0. The molecule has 0 amide bonds. The molecule has 1 aromatic rings. The van der Waals surface area contributed by atoms with E-state index in [4.69, 9.17) is 28.9 Å². The van der Waals surface area contributed by atoms with Gasteiger partial charge in [0.1, 0.15) is 0 Å². The highest BCUT2D eigenvalue weighted by atomic mass is 35.5. The number of benzene rings is 1. The van der Waals surface area contributed by atoms with E-state index in [2.05, 4.69) is 24.3 Å². The quantitative estimate of drug-likeness (QED) is 0.850. The van der Waals surface area contributed by atoms with E-state index in [-0.39, 0.29) is 0 Å². The van der Waals surface area contributed by atoms with Crippen molar-refractivity contribution in [1.82, 2.24) is 0 Å². The molecule has 0 radical (unpaired) electrons. The van der Waals surface area contributed by atoms with Crippen molar-refractivity contribution in [3.63, 3.8) is 0 Å². The van der Waals surface area contributed by atoms with E-state index in [1.807, 2.05) is 12.1 Å². The van der Waals surface area contributed by atoms with Crippen LogP contribution in [0.1, 0.15) is 12.0 Å². The molecule has 0 bridgehead atoms. The number of hydrogen-bond acceptors (Lipinski definition) is 1. The molecule has 0 atom stereocenters. The van der Waals surface area contributed by atoms with Crippen LogP contribution >= 0.6 is 23.2 Å². The molecule has 19 heavy (non-hydrogen) atoms. The Morgan fingerprint density at radius 3 is 2.74 bits per heavy atom. The maximum atomic E-state index is 6.33. The number of allylic oxidation sites excluding steroid dienone is 6. The van der Waals surface area contributed by atoms with E-state index in [1.165, 1.54) is 22.3 Å². The summed E-state index contributed by atoms with van der Waals surface area (Å²) in [6, 6.07) is 5.64. The zero-order valence-electron chi connectivity index (χ0n) is 10.3. The first kappa shape index (κ1) is 12.7. The van der Waals surface area contributed by atoms with Gasteiger partial charge in [0.2, 0.25) is 0 Å². The summed E-state index contributed by atoms with van der Waals surface area (Å²) >= 11 is 12.3. The Morgan fingerprint density at radius 2 is 2.00 bits per heavy atom. The van der Waals surface area contributed by atoms with Gasteiger partial charge < -0.3 is 5.73 Å². The van der Waals surface area contributed by atoms with Crippen LogP contribution in [0.2, 0.25) is 10.0 Å². The molecule has 3 heteroatoms. The Kier molecular flexibility index (Phi) is 3.36. The molecule has 96 valence electrons. The first-order valence-electron chi connectivity index (χ1n) is 6.17. The molecule has 0 heterocycles. The Hall–Kier alpha value is -1.28. The van der Waals surface area contributed by atoms with Gasteiger partial charge >= 0.3 is 0 Å². The second-order valence-electron chi connectivity index (χ2n) is 4.60. The Labute approximate surface area is 122 Å². The van der Waals surface area contributed by atoms with Crippen molar-refractivity contribution in [3.8, 4) is 0 Å². The van der Waals surface area contributed by atoms with E-state index in [9.17, 15) is 0 Å². The van der Waals surface area contributed by atoms with Gasteiger partial charge in [-0.2, -0.15) is 0 Å². The first-order chi connectivity index (χ1) is 9.20. The standard InChI is InChI=1S/C16H13Cl2N/c17-12-6-7-13(15(18)8-12)14-3-1-2-10-4-5-11(9-19)16(10)14/h1-2,4-8H,3,9,19H2. The molecule has 0 saturated carbocycles. The minimum atomic E-state index is 0.540. The van der Waals surface area contributed by atoms with Crippen LogP contribution in [0.3, 0.4) is 0 Å². The van der Waals surface area contributed by atoms with Gasteiger partial charge in [-0.25, -0.2) is 0 Å². The van der Waals surface area contributed by atoms with Crippen molar-refractivity contribution >= 4 is 28.8 Å². The molecule has 1 nitrogen and oxygen atoms in total. The largest absolute Gasteiger partial charge is 0.326 e. The van der Waals surface area contributed by atoms with Crippen molar-refractivity contribution in [2.45, 2.75) is 6.42 Å². The molecule has 0 aliphatic heterocycles. The number of nitrogens with two attached hydrogens (primary N) is 1. The summed E-state index contributed by atoms with van der Waals surface area (Å²) in [5.74, 6) is 0. The summed E-state index contributed by atoms with van der Waals surface area (Å²) in [5, 5.41) is 1.34. The lowest BCUT2D eigenvalue weighted by Crippen LogP contribution is -2.07. The smallest absolute Gasteiger partial charge is 0.0496 e. The summed E-state index contributed by atoms with van der Waals surface area (Å²) in [6.07, 6.45) is 9.36. The van der Waals surface area contributed by atoms with Crippen molar-refractivity contribution < 1.29 is 0 Å². The Bertz CT molecular complexity index is 663. The van der Waals surface area contributed by atoms with Crippen molar-refractivity contribution in [3.05, 3.63) is 74.8 Å². The van der Waals surface area contributed by atoms with Gasteiger partial charge in [0, 0.05) is 16.6 Å². The number of hydrogen-bond donors (Lipinski definition) is 1. The SMILES string of the molecule is NCC1=CC=C2C=CCC(c3ccc(Cl)cc3Cl)=C21. The van der Waals surface area contributed by atoms with Gasteiger partial charge in [0.05, 0.1) is 0 Å². The molecule has 0 unspecified atom stereocenters. The van der Waals surface area contributed by atoms with E-state index in [1.54, 1.807) is 6.07 Å². The average molecular weight is 290 g/mol. The van der Waals surface area contributed by atoms with E-state index < -0.39 is 0 Å². The van der Waals surface area contributed by atoms with E-state index >= 15 is 0 Å². The van der Waals surface area contributed by atoms with Crippen LogP contribution in [0.5, 0.6) is 0 Å². The van der Waals surface area contributed by atoms with Gasteiger partial charge in [-0.1, -0.05) is 53.6 Å². The lowest BCUT2D eigenvalue weighted by molar-refractivity contribution is 1.15. The summed E-state index contributed by atoms with van der Waals surface area (Å²) < 4.78 is 0. The number of rotatable bonds is 2.